The third-order valence-corrected chi connectivity index (χ3v) is 2.25. The van der Waals surface area contributed by atoms with Crippen molar-refractivity contribution in [2.45, 2.75) is 13.5 Å². The van der Waals surface area contributed by atoms with E-state index in [0.717, 1.165) is 0 Å². The molecule has 0 saturated carbocycles. The van der Waals surface area contributed by atoms with E-state index in [1.165, 1.54) is 12.1 Å². The van der Waals surface area contributed by atoms with Gasteiger partial charge in [-0.15, -0.1) is 0 Å². The SMILES string of the molecule is CCOC(=O)c1cc(Cl)cc(C#N)c1CN. The maximum Gasteiger partial charge on any atom is 0.338 e. The van der Waals surface area contributed by atoms with Crippen molar-refractivity contribution in [1.82, 2.24) is 0 Å². The maximum absolute atomic E-state index is 11.6. The number of nitrogens with two attached hydrogens (primary N) is 1. The van der Waals surface area contributed by atoms with Crippen LogP contribution in [0.2, 0.25) is 5.02 Å². The summed E-state index contributed by atoms with van der Waals surface area (Å²) in [6, 6.07) is 4.89. The number of hydrogen-bond donors (Lipinski definition) is 1. The van der Waals surface area contributed by atoms with Crippen LogP contribution in [0.15, 0.2) is 12.1 Å². The molecule has 4 nitrogen and oxygen atoms in total. The second-order valence-corrected chi connectivity index (χ2v) is 3.45. The Hall–Kier alpha value is -1.57. The summed E-state index contributed by atoms with van der Waals surface area (Å²) in [6.45, 7) is 2.06. The van der Waals surface area contributed by atoms with Crippen LogP contribution in [-0.2, 0) is 11.3 Å². The number of benzene rings is 1. The summed E-state index contributed by atoms with van der Waals surface area (Å²) in [6.07, 6.45) is 0. The summed E-state index contributed by atoms with van der Waals surface area (Å²) in [4.78, 5) is 11.6. The summed E-state index contributed by atoms with van der Waals surface area (Å²) >= 11 is 5.80. The van der Waals surface area contributed by atoms with Crippen LogP contribution in [0, 0.1) is 11.3 Å². The van der Waals surface area contributed by atoms with E-state index in [0.29, 0.717) is 16.1 Å². The highest BCUT2D eigenvalue weighted by molar-refractivity contribution is 6.31. The van der Waals surface area contributed by atoms with Crippen LogP contribution in [0.3, 0.4) is 0 Å². The van der Waals surface area contributed by atoms with Crippen molar-refractivity contribution in [1.29, 1.82) is 5.26 Å². The van der Waals surface area contributed by atoms with E-state index in [-0.39, 0.29) is 18.7 Å². The molecule has 1 rings (SSSR count). The molecule has 84 valence electrons. The minimum Gasteiger partial charge on any atom is -0.462 e. The predicted octanol–water partition coefficient (Wildman–Crippen LogP) is 1.85. The van der Waals surface area contributed by atoms with Gasteiger partial charge in [-0.3, -0.25) is 0 Å². The maximum atomic E-state index is 11.6. The average molecular weight is 239 g/mol. The molecule has 16 heavy (non-hydrogen) atoms. The number of hydrogen-bond acceptors (Lipinski definition) is 4. The minimum atomic E-state index is -0.512. The predicted molar refractivity (Wildman–Crippen MR) is 60.0 cm³/mol. The number of carbonyl (C=O) groups excluding carboxylic acids is 1. The van der Waals surface area contributed by atoms with Crippen molar-refractivity contribution in [2.24, 2.45) is 5.73 Å². The van der Waals surface area contributed by atoms with E-state index in [4.69, 9.17) is 27.3 Å². The van der Waals surface area contributed by atoms with Gasteiger partial charge in [-0.1, -0.05) is 11.6 Å². The lowest BCUT2D eigenvalue weighted by atomic mass is 10.0. The molecular weight excluding hydrogens is 228 g/mol. The van der Waals surface area contributed by atoms with Gasteiger partial charge < -0.3 is 10.5 Å². The zero-order chi connectivity index (χ0) is 12.1. The lowest BCUT2D eigenvalue weighted by molar-refractivity contribution is 0.0525. The Morgan fingerprint density at radius 3 is 2.81 bits per heavy atom. The first-order valence-electron chi connectivity index (χ1n) is 4.73. The summed E-state index contributed by atoms with van der Waals surface area (Å²) in [5, 5.41) is 9.21. The summed E-state index contributed by atoms with van der Waals surface area (Å²) in [7, 11) is 0. The Labute approximate surface area is 98.6 Å². The molecule has 0 aliphatic heterocycles. The van der Waals surface area contributed by atoms with Gasteiger partial charge in [0.1, 0.15) is 0 Å². The molecule has 0 saturated heterocycles. The minimum absolute atomic E-state index is 0.0915. The highest BCUT2D eigenvalue weighted by Gasteiger charge is 2.16. The number of nitrogens with zero attached hydrogens (tertiary/aromatic N) is 1. The number of rotatable bonds is 3. The molecule has 0 spiro atoms. The zero-order valence-electron chi connectivity index (χ0n) is 8.79. The third-order valence-electron chi connectivity index (χ3n) is 2.03. The second kappa shape index (κ2) is 5.50. The Kier molecular flexibility index (Phi) is 4.29. The van der Waals surface area contributed by atoms with Gasteiger partial charge in [0.05, 0.1) is 23.8 Å². The molecule has 1 aromatic rings. The molecule has 0 radical (unpaired) electrons. The highest BCUT2D eigenvalue weighted by Crippen LogP contribution is 2.21. The van der Waals surface area contributed by atoms with E-state index in [1.54, 1.807) is 6.92 Å². The summed E-state index contributed by atoms with van der Waals surface area (Å²) in [5.41, 5.74) is 6.53. The smallest absolute Gasteiger partial charge is 0.338 e. The lowest BCUT2D eigenvalue weighted by Gasteiger charge is -2.09. The van der Waals surface area contributed by atoms with Crippen molar-refractivity contribution < 1.29 is 9.53 Å². The fraction of sp³-hybridized carbons (Fsp3) is 0.273. The van der Waals surface area contributed by atoms with Gasteiger partial charge in [-0.05, 0) is 24.6 Å². The first kappa shape index (κ1) is 12.5. The Balaban J connectivity index is 3.32. The van der Waals surface area contributed by atoms with Crippen LogP contribution < -0.4 is 5.73 Å². The molecule has 0 aliphatic carbocycles. The molecule has 1 aromatic carbocycles. The molecule has 0 amide bonds. The summed E-state index contributed by atoms with van der Waals surface area (Å²) in [5.74, 6) is -0.512. The number of nitriles is 1. The third kappa shape index (κ3) is 2.51. The van der Waals surface area contributed by atoms with Gasteiger partial charge in [0.2, 0.25) is 0 Å². The van der Waals surface area contributed by atoms with Crippen molar-refractivity contribution in [3.05, 3.63) is 33.8 Å². The Morgan fingerprint density at radius 2 is 2.31 bits per heavy atom. The Bertz CT molecular complexity index is 452. The first-order valence-corrected chi connectivity index (χ1v) is 5.11. The molecule has 0 heterocycles. The average Bonchev–Trinajstić information content (AvgIpc) is 2.28. The van der Waals surface area contributed by atoms with Crippen LogP contribution in [0.25, 0.3) is 0 Å². The van der Waals surface area contributed by atoms with Gasteiger partial charge in [0.25, 0.3) is 0 Å². The molecule has 0 aliphatic rings. The van der Waals surface area contributed by atoms with Gasteiger partial charge in [-0.25, -0.2) is 4.79 Å². The number of ether oxygens (including phenoxy) is 1. The van der Waals surface area contributed by atoms with Crippen molar-refractivity contribution in [2.75, 3.05) is 6.61 Å². The second-order valence-electron chi connectivity index (χ2n) is 3.02. The monoisotopic (exact) mass is 238 g/mol. The quantitative estimate of drug-likeness (QED) is 0.816. The van der Waals surface area contributed by atoms with Gasteiger partial charge in [0, 0.05) is 11.6 Å². The fourth-order valence-electron chi connectivity index (χ4n) is 1.35. The van der Waals surface area contributed by atoms with Gasteiger partial charge >= 0.3 is 5.97 Å². The van der Waals surface area contributed by atoms with Gasteiger partial charge in [-0.2, -0.15) is 5.26 Å². The molecule has 0 bridgehead atoms. The summed E-state index contributed by atoms with van der Waals surface area (Å²) < 4.78 is 4.86. The van der Waals surface area contributed by atoms with Crippen LogP contribution in [0.5, 0.6) is 0 Å². The van der Waals surface area contributed by atoms with Crippen LogP contribution in [0.1, 0.15) is 28.4 Å². The topological polar surface area (TPSA) is 76.1 Å². The van der Waals surface area contributed by atoms with Crippen LogP contribution in [0.4, 0.5) is 0 Å². The standard InChI is InChI=1S/C11H11ClN2O2/c1-2-16-11(15)9-4-8(12)3-7(5-13)10(9)6-14/h3-4H,2,6,14H2,1H3. The largest absolute Gasteiger partial charge is 0.462 e. The molecular formula is C11H11ClN2O2. The lowest BCUT2D eigenvalue weighted by Crippen LogP contribution is -2.12. The number of carbonyl (C=O) groups is 1. The van der Waals surface area contributed by atoms with Crippen molar-refractivity contribution >= 4 is 17.6 Å². The zero-order valence-corrected chi connectivity index (χ0v) is 9.54. The highest BCUT2D eigenvalue weighted by atomic mass is 35.5. The van der Waals surface area contributed by atoms with E-state index in [9.17, 15) is 4.79 Å². The van der Waals surface area contributed by atoms with Crippen LogP contribution in [-0.4, -0.2) is 12.6 Å². The Morgan fingerprint density at radius 1 is 1.62 bits per heavy atom. The molecule has 0 aromatic heterocycles. The normalized spacial score (nSPS) is 9.62. The molecule has 0 fully saturated rings. The molecule has 0 atom stereocenters. The van der Waals surface area contributed by atoms with E-state index in [1.807, 2.05) is 6.07 Å². The number of halogens is 1. The molecule has 0 unspecified atom stereocenters. The van der Waals surface area contributed by atoms with Gasteiger partial charge in [0.15, 0.2) is 0 Å². The van der Waals surface area contributed by atoms with E-state index in [2.05, 4.69) is 0 Å². The first-order chi connectivity index (χ1) is 7.63. The number of esters is 1. The van der Waals surface area contributed by atoms with E-state index >= 15 is 0 Å². The molecule has 2 N–H and O–H groups in total. The van der Waals surface area contributed by atoms with E-state index < -0.39 is 5.97 Å². The van der Waals surface area contributed by atoms with Crippen molar-refractivity contribution in [3.8, 4) is 6.07 Å². The fourth-order valence-corrected chi connectivity index (χ4v) is 1.57. The van der Waals surface area contributed by atoms with Crippen molar-refractivity contribution in [3.63, 3.8) is 0 Å². The molecule has 5 heteroatoms. The van der Waals surface area contributed by atoms with Crippen LogP contribution >= 0.6 is 11.6 Å².